The Morgan fingerprint density at radius 3 is 0.783 bits per heavy atom. The lowest BCUT2D eigenvalue weighted by Gasteiger charge is -2.25. The monoisotopic (exact) mass is 1980 g/mol. The first kappa shape index (κ1) is 116. The number of cyclic esters (lactones) is 2. The lowest BCUT2D eigenvalue weighted by atomic mass is 10.0. The number of nitrogens with one attached hydrogen (secondary N) is 6. The van der Waals surface area contributed by atoms with E-state index in [2.05, 4.69) is 55.6 Å². The number of esters is 7. The fraction of sp³-hybridized carbons (Fsp3) is 0.305. The number of carbonyl (C=O) groups is 13. The minimum Gasteiger partial charge on any atom is -0.467 e. The summed E-state index contributed by atoms with van der Waals surface area (Å²) < 4.78 is 63.0. The van der Waals surface area contributed by atoms with Crippen molar-refractivity contribution in [3.8, 4) is 0 Å². The van der Waals surface area contributed by atoms with E-state index >= 15 is 0 Å². The molecule has 762 valence electrons. The first-order valence-corrected chi connectivity index (χ1v) is 44.6. The second kappa shape index (κ2) is 61.3. The average Bonchev–Trinajstić information content (AvgIpc) is 1.68. The number of amides is 6. The topological polar surface area (TPSA) is 541 Å². The van der Waals surface area contributed by atoms with Crippen LogP contribution in [0.15, 0.2) is 303 Å². The lowest BCUT2D eigenvalue weighted by Crippen LogP contribution is -2.43. The van der Waals surface area contributed by atoms with Crippen molar-refractivity contribution in [3.05, 3.63) is 359 Å². The Hall–Kier alpha value is -16.1. The average molecular weight is 1980 g/mol. The molecule has 0 spiro atoms. The molecular weight excluding hydrogens is 1860 g/mol. The molecule has 2 aliphatic heterocycles. The van der Waals surface area contributed by atoms with Crippen LogP contribution in [0, 0.1) is 0 Å². The normalized spacial score (nSPS) is 15.6. The summed E-state index contributed by atoms with van der Waals surface area (Å²) in [7, 11) is 6.07. The molecule has 12 rings (SSSR count). The van der Waals surface area contributed by atoms with Crippen molar-refractivity contribution in [2.45, 2.75) is 171 Å². The second-order valence-electron chi connectivity index (χ2n) is 32.3. The number of ether oxygens (including phenoxy) is 13. The molecule has 10 aromatic rings. The Labute approximate surface area is 827 Å². The van der Waals surface area contributed by atoms with Crippen molar-refractivity contribution in [3.63, 3.8) is 0 Å². The van der Waals surface area contributed by atoms with Crippen LogP contribution in [-0.2, 0) is 115 Å². The van der Waals surface area contributed by atoms with E-state index in [1.807, 2.05) is 158 Å². The summed E-state index contributed by atoms with van der Waals surface area (Å²) in [6, 6.07) is 83.9. The number of alkyl carbamates (subject to hydrolysis) is 6. The third-order valence-electron chi connectivity index (χ3n) is 19.9. The van der Waals surface area contributed by atoms with Crippen molar-refractivity contribution in [2.24, 2.45) is 5.73 Å². The van der Waals surface area contributed by atoms with Gasteiger partial charge in [-0.1, -0.05) is 303 Å². The molecule has 0 unspecified atom stereocenters. The molecule has 2 heterocycles. The fourth-order valence-electron chi connectivity index (χ4n) is 12.9. The van der Waals surface area contributed by atoms with Gasteiger partial charge in [0, 0.05) is 0 Å². The molecule has 2 fully saturated rings. The smallest absolute Gasteiger partial charge is 0.408 e. The number of hydrogen-bond donors (Lipinski definition) is 12. The predicted octanol–water partition coefficient (Wildman–Crippen LogP) is 12.1. The molecule has 6 amide bonds. The number of hydrogen-bond acceptors (Lipinski definition) is 32. The van der Waals surface area contributed by atoms with Crippen LogP contribution in [0.3, 0.4) is 0 Å². The van der Waals surface area contributed by atoms with Crippen LogP contribution in [0.4, 0.5) is 28.8 Å². The zero-order chi connectivity index (χ0) is 105. The molecule has 14 atom stereocenters. The number of carbonyl (C=O) groups excluding carboxylic acids is 13. The highest BCUT2D eigenvalue weighted by Crippen LogP contribution is 2.30. The zero-order valence-corrected chi connectivity index (χ0v) is 80.7. The molecule has 38 nitrogen and oxygen atoms in total. The van der Waals surface area contributed by atoms with E-state index in [0.717, 1.165) is 27.8 Å². The first-order chi connectivity index (χ1) is 68.4. The number of rotatable bonds is 31. The van der Waals surface area contributed by atoms with Gasteiger partial charge in [0.2, 0.25) is 12.2 Å². The van der Waals surface area contributed by atoms with Crippen LogP contribution >= 0.6 is 0 Å². The van der Waals surface area contributed by atoms with Crippen molar-refractivity contribution in [1.29, 1.82) is 0 Å². The van der Waals surface area contributed by atoms with Gasteiger partial charge in [0.25, 0.3) is 0 Å². The highest BCUT2D eigenvalue weighted by molar-refractivity contribution is 5.85. The summed E-state index contributed by atoms with van der Waals surface area (Å²) >= 11 is 0. The third-order valence-corrected chi connectivity index (χ3v) is 19.9. The van der Waals surface area contributed by atoms with Gasteiger partial charge >= 0.3 is 78.3 Å². The van der Waals surface area contributed by atoms with Crippen LogP contribution in [0.5, 0.6) is 0 Å². The molecule has 10 aromatic carbocycles. The van der Waals surface area contributed by atoms with Gasteiger partial charge in [-0.25, -0.2) is 62.3 Å². The molecule has 0 radical (unpaired) electrons. The Bertz CT molecular complexity index is 5340. The molecule has 0 saturated carbocycles. The summed E-state index contributed by atoms with van der Waals surface area (Å²) in [6.07, 6.45) is -14.2. The maximum atomic E-state index is 12.2. The van der Waals surface area contributed by atoms with Gasteiger partial charge < -0.3 is 125 Å². The van der Waals surface area contributed by atoms with Crippen LogP contribution in [-0.4, -0.2) is 200 Å². The molecule has 2 aliphatic rings. The highest BCUT2D eigenvalue weighted by atomic mass is 16.6. The van der Waals surface area contributed by atoms with E-state index in [1.54, 1.807) is 194 Å². The number of aliphatic hydroxyl groups is 5. The van der Waals surface area contributed by atoms with E-state index in [9.17, 15) is 87.9 Å². The van der Waals surface area contributed by atoms with Crippen LogP contribution in [0.25, 0.3) is 0 Å². The van der Waals surface area contributed by atoms with Gasteiger partial charge in [-0.3, -0.25) is 0 Å². The summed E-state index contributed by atoms with van der Waals surface area (Å²) in [5.41, 5.74) is 12.1. The van der Waals surface area contributed by atoms with E-state index in [0.29, 0.717) is 27.8 Å². The van der Waals surface area contributed by atoms with Gasteiger partial charge in [-0.2, -0.15) is 0 Å². The van der Waals surface area contributed by atoms with Crippen molar-refractivity contribution >= 4 is 78.3 Å². The van der Waals surface area contributed by atoms with Crippen LogP contribution in [0.1, 0.15) is 146 Å². The Kier molecular flexibility index (Phi) is 49.6. The molecule has 0 aliphatic carbocycles. The van der Waals surface area contributed by atoms with Gasteiger partial charge in [-0.15, -0.1) is 0 Å². The van der Waals surface area contributed by atoms with E-state index in [4.69, 9.17) is 43.6 Å². The second-order valence-corrected chi connectivity index (χ2v) is 32.3. The van der Waals surface area contributed by atoms with E-state index in [1.165, 1.54) is 35.5 Å². The summed E-state index contributed by atoms with van der Waals surface area (Å²) in [5.74, 6) is -5.14. The highest BCUT2D eigenvalue weighted by Gasteiger charge is 2.43. The van der Waals surface area contributed by atoms with Gasteiger partial charge in [0.1, 0.15) is 37.5 Å². The summed E-state index contributed by atoms with van der Waals surface area (Å²) in [4.78, 5) is 151. The minimum atomic E-state index is -1.55. The lowest BCUT2D eigenvalue weighted by molar-refractivity contribution is -0.159. The summed E-state index contributed by atoms with van der Waals surface area (Å²) in [6.45, 7) is 12.2. The number of methoxy groups -OCH3 is 5. The summed E-state index contributed by atoms with van der Waals surface area (Å²) in [5, 5.41) is 65.6. The molecule has 0 aromatic heterocycles. The van der Waals surface area contributed by atoms with E-state index in [-0.39, 0.29) is 32.0 Å². The Morgan fingerprint density at radius 1 is 0.322 bits per heavy atom. The van der Waals surface area contributed by atoms with Crippen molar-refractivity contribution in [1.82, 2.24) is 31.9 Å². The molecule has 143 heavy (non-hydrogen) atoms. The Balaban J connectivity index is 0.000000258. The largest absolute Gasteiger partial charge is 0.467 e. The Morgan fingerprint density at radius 2 is 0.545 bits per heavy atom. The van der Waals surface area contributed by atoms with Crippen LogP contribution in [0.2, 0.25) is 0 Å². The number of nitrogens with two attached hydrogens (primary N) is 1. The predicted molar refractivity (Wildman–Crippen MR) is 517 cm³/mol. The molecule has 2 saturated heterocycles. The maximum Gasteiger partial charge on any atom is 0.408 e. The van der Waals surface area contributed by atoms with Crippen molar-refractivity contribution < 1.29 is 149 Å². The molecule has 13 N–H and O–H groups in total. The first-order valence-electron chi connectivity index (χ1n) is 44.6. The molecule has 38 heteroatoms. The third kappa shape index (κ3) is 40.7. The zero-order valence-electron chi connectivity index (χ0n) is 80.7. The van der Waals surface area contributed by atoms with Crippen LogP contribution < -0.4 is 37.6 Å². The number of benzene rings is 10. The minimum absolute atomic E-state index is 0.0840. The van der Waals surface area contributed by atoms with E-state index < -0.39 is 169 Å². The number of aliphatic hydroxyl groups excluding tert-OH is 5. The molecule has 0 bridgehead atoms. The van der Waals surface area contributed by atoms with Gasteiger partial charge in [-0.05, 0) is 104 Å². The van der Waals surface area contributed by atoms with Gasteiger partial charge in [0.15, 0.2) is 30.5 Å². The fourth-order valence-corrected chi connectivity index (χ4v) is 12.9. The standard InChI is InChI=1S/2C20H23NO5.C18H19NO5.C15H21NO5.2C11H11NO4.C10H13NO3/c2*1-14(2)26-19(23)18(22)17(16-11-7-4-8-12-16)21-20(24)25-13-15-9-5-3-6-10-15;1-23-17(21)16(20)15(14-10-6-3-7-11-14)19-18(22)24-12-13-8-4-2-5-9-13;1-15(2,3)21-14(19)16-11(12(17)13(18)20-4)10-8-6-5-7-9-10;2*1-15-10(13)9-8(12-11(14)16-9)7-5-3-2-4-6-7;1-14-10(13)9(12)8(11)7-5-3-2-4-6-7/h2*3-12,14,17-18,22H,13H2,1-2H3,(H,21,24);2-11,15-16,20H,12H2,1H3,(H,19,22);5-9,11-12,17H,1-4H3,(H,16,19);2*2-6,8-9H,1H3,(H,12,14);2-6,8-9,12H,11H2,1H3/t2*17-,18+;15-,16+;11-,12+;3*8-,9+/m1011101/s1. The van der Waals surface area contributed by atoms with Gasteiger partial charge in [0.05, 0.1) is 78.0 Å². The molecular formula is C105H121N7O31. The maximum absolute atomic E-state index is 12.2. The van der Waals surface area contributed by atoms with Crippen molar-refractivity contribution in [2.75, 3.05) is 35.5 Å². The quantitative estimate of drug-likeness (QED) is 0.0142. The SMILES string of the molecule is CC(C)OC(=O)[C@@H](O)[C@H](NC(=O)OCc1ccccc1)c1ccccc1.CC(C)OC(=O)[C@H](O)[C@@H](NC(=O)OCc1ccccc1)c1ccccc1.COC(=O)[C@@H](O)[C@H](N)c1ccccc1.COC(=O)[C@@H](O)[C@H](NC(=O)OC(C)(C)C)c1ccccc1.COC(=O)[C@@H](O)[C@H](NC(=O)OCc1ccccc1)c1ccccc1.COC(=O)[C@@H]1OC(=O)N[C@H]1c1ccccc1.COC(=O)[C@H]1OC(=O)N[C@@H]1c1ccccc1.